The maximum atomic E-state index is 5.62. The minimum absolute atomic E-state index is 0.700. The van der Waals surface area contributed by atoms with Crippen LogP contribution in [0.1, 0.15) is 40.0 Å². The summed E-state index contributed by atoms with van der Waals surface area (Å²) in [5, 5.41) is 0. The number of nitrogens with two attached hydrogens (primary N) is 1. The van der Waals surface area contributed by atoms with Gasteiger partial charge in [-0.05, 0) is 56.7 Å². The van der Waals surface area contributed by atoms with E-state index in [0.717, 1.165) is 18.4 Å². The molecule has 0 amide bonds. The van der Waals surface area contributed by atoms with Gasteiger partial charge in [-0.25, -0.2) is 0 Å². The van der Waals surface area contributed by atoms with Crippen molar-refractivity contribution in [3.63, 3.8) is 0 Å². The molecule has 0 radical (unpaired) electrons. The summed E-state index contributed by atoms with van der Waals surface area (Å²) < 4.78 is 0. The third kappa shape index (κ3) is 4.52. The van der Waals surface area contributed by atoms with Gasteiger partial charge >= 0.3 is 0 Å². The van der Waals surface area contributed by atoms with Crippen molar-refractivity contribution in [2.45, 2.75) is 40.0 Å². The highest BCUT2D eigenvalue weighted by molar-refractivity contribution is 4.75. The van der Waals surface area contributed by atoms with E-state index in [2.05, 4.69) is 25.7 Å². The third-order valence-electron chi connectivity index (χ3n) is 3.99. The van der Waals surface area contributed by atoms with E-state index in [1.54, 1.807) is 0 Å². The average Bonchev–Trinajstić information content (AvgIpc) is 2.23. The van der Waals surface area contributed by atoms with Crippen molar-refractivity contribution in [3.8, 4) is 0 Å². The Balaban J connectivity index is 2.12. The minimum atomic E-state index is 0.700. The second kappa shape index (κ2) is 6.49. The number of piperidine rings is 1. The van der Waals surface area contributed by atoms with E-state index in [1.807, 2.05) is 0 Å². The highest BCUT2D eigenvalue weighted by Crippen LogP contribution is 2.22. The van der Waals surface area contributed by atoms with E-state index >= 15 is 0 Å². The molecule has 15 heavy (non-hydrogen) atoms. The van der Waals surface area contributed by atoms with Crippen molar-refractivity contribution >= 4 is 0 Å². The molecular weight excluding hydrogens is 184 g/mol. The Bertz CT molecular complexity index is 170. The molecule has 1 heterocycles. The summed E-state index contributed by atoms with van der Waals surface area (Å²) in [5.41, 5.74) is 5.62. The van der Waals surface area contributed by atoms with Gasteiger partial charge in [-0.3, -0.25) is 0 Å². The monoisotopic (exact) mass is 212 g/mol. The van der Waals surface area contributed by atoms with Gasteiger partial charge in [0.2, 0.25) is 0 Å². The maximum absolute atomic E-state index is 5.62. The molecule has 0 saturated carbocycles. The molecule has 2 nitrogen and oxygen atoms in total. The first-order valence-corrected chi connectivity index (χ1v) is 6.56. The maximum Gasteiger partial charge on any atom is 0.000957 e. The molecule has 0 bridgehead atoms. The molecule has 3 atom stereocenters. The molecule has 1 aliphatic heterocycles. The first kappa shape index (κ1) is 13.0. The predicted octanol–water partition coefficient (Wildman–Crippen LogP) is 2.34. The second-order valence-corrected chi connectivity index (χ2v) is 5.53. The van der Waals surface area contributed by atoms with Crippen LogP contribution in [-0.2, 0) is 0 Å². The molecular formula is C13H28N2. The third-order valence-corrected chi connectivity index (χ3v) is 3.99. The second-order valence-electron chi connectivity index (χ2n) is 5.53. The molecule has 2 N–H and O–H groups in total. The zero-order valence-corrected chi connectivity index (χ0v) is 10.7. The van der Waals surface area contributed by atoms with Crippen LogP contribution in [0.15, 0.2) is 0 Å². The first-order valence-electron chi connectivity index (χ1n) is 6.56. The number of hydrogen-bond donors (Lipinski definition) is 1. The smallest absolute Gasteiger partial charge is 0.000957 e. The fourth-order valence-electron chi connectivity index (χ4n) is 2.33. The van der Waals surface area contributed by atoms with E-state index in [9.17, 15) is 0 Å². The van der Waals surface area contributed by atoms with Crippen LogP contribution >= 0.6 is 0 Å². The Labute approximate surface area is 95.2 Å². The van der Waals surface area contributed by atoms with Crippen LogP contribution in [0.3, 0.4) is 0 Å². The van der Waals surface area contributed by atoms with Crippen molar-refractivity contribution in [3.05, 3.63) is 0 Å². The Kier molecular flexibility index (Phi) is 5.62. The molecule has 0 spiro atoms. The van der Waals surface area contributed by atoms with Gasteiger partial charge in [0.05, 0.1) is 0 Å². The van der Waals surface area contributed by atoms with Crippen LogP contribution < -0.4 is 5.73 Å². The molecule has 3 unspecified atom stereocenters. The highest BCUT2D eigenvalue weighted by atomic mass is 15.1. The predicted molar refractivity (Wildman–Crippen MR) is 66.8 cm³/mol. The molecule has 1 rings (SSSR count). The topological polar surface area (TPSA) is 29.3 Å². The molecule has 0 aromatic rings. The van der Waals surface area contributed by atoms with Crippen LogP contribution in [0.2, 0.25) is 0 Å². The summed E-state index contributed by atoms with van der Waals surface area (Å²) in [6, 6.07) is 0. The summed E-state index contributed by atoms with van der Waals surface area (Å²) in [7, 11) is 0. The largest absolute Gasteiger partial charge is 0.330 e. The fraction of sp³-hybridized carbons (Fsp3) is 1.00. The Morgan fingerprint density at radius 1 is 1.33 bits per heavy atom. The van der Waals surface area contributed by atoms with Crippen LogP contribution in [0.4, 0.5) is 0 Å². The summed E-state index contributed by atoms with van der Waals surface area (Å²) in [6.45, 7) is 11.8. The average molecular weight is 212 g/mol. The standard InChI is InChI=1S/C13H28N2/c1-11(9-14)5-4-7-15-8-6-12(2)13(3)10-15/h11-13H,4-10,14H2,1-3H3. The quantitative estimate of drug-likeness (QED) is 0.758. The first-order chi connectivity index (χ1) is 7.13. The molecule has 2 heteroatoms. The van der Waals surface area contributed by atoms with Crippen molar-refractivity contribution in [1.29, 1.82) is 0 Å². The zero-order valence-electron chi connectivity index (χ0n) is 10.7. The van der Waals surface area contributed by atoms with Crippen molar-refractivity contribution in [1.82, 2.24) is 4.90 Å². The lowest BCUT2D eigenvalue weighted by atomic mass is 9.88. The van der Waals surface area contributed by atoms with Crippen molar-refractivity contribution in [2.75, 3.05) is 26.2 Å². The van der Waals surface area contributed by atoms with E-state index in [4.69, 9.17) is 5.73 Å². The molecule has 90 valence electrons. The molecule has 0 aromatic carbocycles. The number of likely N-dealkylation sites (tertiary alicyclic amines) is 1. The lowest BCUT2D eigenvalue weighted by Crippen LogP contribution is -2.39. The number of nitrogens with zero attached hydrogens (tertiary/aromatic N) is 1. The van der Waals surface area contributed by atoms with Crippen LogP contribution in [-0.4, -0.2) is 31.1 Å². The molecule has 1 fully saturated rings. The lowest BCUT2D eigenvalue weighted by Gasteiger charge is -2.35. The SMILES string of the molecule is CC(CN)CCCN1CCC(C)C(C)C1. The Morgan fingerprint density at radius 2 is 2.07 bits per heavy atom. The molecule has 1 aliphatic rings. The van der Waals surface area contributed by atoms with Gasteiger partial charge in [-0.15, -0.1) is 0 Å². The molecule has 0 aromatic heterocycles. The highest BCUT2D eigenvalue weighted by Gasteiger charge is 2.21. The van der Waals surface area contributed by atoms with E-state index in [1.165, 1.54) is 38.9 Å². The summed E-state index contributed by atoms with van der Waals surface area (Å²) in [5.74, 6) is 2.50. The van der Waals surface area contributed by atoms with E-state index < -0.39 is 0 Å². The van der Waals surface area contributed by atoms with E-state index in [0.29, 0.717) is 5.92 Å². The van der Waals surface area contributed by atoms with Gasteiger partial charge in [0.1, 0.15) is 0 Å². The summed E-state index contributed by atoms with van der Waals surface area (Å²) in [4.78, 5) is 2.63. The molecule has 0 aliphatic carbocycles. The Morgan fingerprint density at radius 3 is 2.67 bits per heavy atom. The summed E-state index contributed by atoms with van der Waals surface area (Å²) >= 11 is 0. The normalized spacial score (nSPS) is 30.4. The number of hydrogen-bond acceptors (Lipinski definition) is 2. The van der Waals surface area contributed by atoms with Crippen molar-refractivity contribution < 1.29 is 0 Å². The van der Waals surface area contributed by atoms with E-state index in [-0.39, 0.29) is 0 Å². The van der Waals surface area contributed by atoms with Gasteiger partial charge in [0.15, 0.2) is 0 Å². The van der Waals surface area contributed by atoms with Crippen molar-refractivity contribution in [2.24, 2.45) is 23.5 Å². The Hall–Kier alpha value is -0.0800. The lowest BCUT2D eigenvalue weighted by molar-refractivity contribution is 0.135. The van der Waals surface area contributed by atoms with Gasteiger partial charge < -0.3 is 10.6 Å². The fourth-order valence-corrected chi connectivity index (χ4v) is 2.33. The van der Waals surface area contributed by atoms with Gasteiger partial charge in [-0.1, -0.05) is 20.8 Å². The van der Waals surface area contributed by atoms with Crippen LogP contribution in [0.25, 0.3) is 0 Å². The zero-order chi connectivity index (χ0) is 11.3. The van der Waals surface area contributed by atoms with Gasteiger partial charge in [-0.2, -0.15) is 0 Å². The molecule has 1 saturated heterocycles. The van der Waals surface area contributed by atoms with Gasteiger partial charge in [0.25, 0.3) is 0 Å². The minimum Gasteiger partial charge on any atom is -0.330 e. The van der Waals surface area contributed by atoms with Crippen LogP contribution in [0, 0.1) is 17.8 Å². The number of rotatable bonds is 5. The van der Waals surface area contributed by atoms with Crippen LogP contribution in [0.5, 0.6) is 0 Å². The summed E-state index contributed by atoms with van der Waals surface area (Å²) in [6.07, 6.45) is 3.99. The van der Waals surface area contributed by atoms with Gasteiger partial charge in [0, 0.05) is 6.54 Å².